The van der Waals surface area contributed by atoms with Crippen molar-refractivity contribution < 1.29 is 4.42 Å². The maximum atomic E-state index is 6.21. The summed E-state index contributed by atoms with van der Waals surface area (Å²) < 4.78 is 6.21. The molecule has 0 radical (unpaired) electrons. The quantitative estimate of drug-likeness (QED) is 0.128. The second kappa shape index (κ2) is 18.6. The van der Waals surface area contributed by atoms with Gasteiger partial charge in [-0.1, -0.05) is 243 Å². The summed E-state index contributed by atoms with van der Waals surface area (Å²) in [5, 5.41) is 1.07. The Labute approximate surface area is 450 Å². The van der Waals surface area contributed by atoms with E-state index in [4.69, 9.17) is 4.42 Å². The Bertz CT molecular complexity index is 4130. The summed E-state index contributed by atoms with van der Waals surface area (Å²) in [7, 11) is 0. The minimum Gasteiger partial charge on any atom is -0.456 e. The third kappa shape index (κ3) is 7.03. The third-order valence-corrected chi connectivity index (χ3v) is 16.4. The average molecular weight is 984 g/mol. The highest BCUT2D eigenvalue weighted by Crippen LogP contribution is 2.60. The largest absolute Gasteiger partial charge is 0.456 e. The fraction of sp³-hybridized carbons (Fsp3) is 0.0400. The minimum absolute atomic E-state index is 0.486. The van der Waals surface area contributed by atoms with Gasteiger partial charge in [0.25, 0.3) is 0 Å². The summed E-state index contributed by atoms with van der Waals surface area (Å²) in [4.78, 5) is 2.46. The van der Waals surface area contributed by atoms with Crippen LogP contribution in [-0.2, 0) is 10.8 Å². The van der Waals surface area contributed by atoms with Crippen LogP contribution in [0.25, 0.3) is 67.6 Å². The third-order valence-electron chi connectivity index (χ3n) is 16.4. The molecule has 0 unspecified atom stereocenters. The molecule has 1 aromatic heterocycles. The van der Waals surface area contributed by atoms with Crippen molar-refractivity contribution in [3.8, 4) is 44.5 Å². The zero-order valence-electron chi connectivity index (χ0n) is 42.8. The molecule has 77 heavy (non-hydrogen) atoms. The van der Waals surface area contributed by atoms with E-state index in [2.05, 4.69) is 297 Å². The van der Waals surface area contributed by atoms with Crippen LogP contribution in [0.4, 0.5) is 17.1 Å². The molecular formula is C75H53NO. The van der Waals surface area contributed by atoms with Gasteiger partial charge in [-0.15, -0.1) is 0 Å². The molecule has 12 aromatic rings. The summed E-state index contributed by atoms with van der Waals surface area (Å²) >= 11 is 0. The van der Waals surface area contributed by atoms with Gasteiger partial charge in [-0.3, -0.25) is 0 Å². The lowest BCUT2D eigenvalue weighted by Crippen LogP contribution is -2.28. The zero-order chi connectivity index (χ0) is 51.5. The van der Waals surface area contributed by atoms with Crippen molar-refractivity contribution >= 4 is 40.2 Å². The van der Waals surface area contributed by atoms with Crippen molar-refractivity contribution in [3.63, 3.8) is 0 Å². The molecule has 0 aliphatic heterocycles. The Morgan fingerprint density at radius 3 is 1.38 bits per heavy atom. The van der Waals surface area contributed by atoms with E-state index in [1.54, 1.807) is 6.08 Å². The summed E-state index contributed by atoms with van der Waals surface area (Å²) in [6, 6.07) is 101. The monoisotopic (exact) mass is 983 g/mol. The van der Waals surface area contributed by atoms with Crippen molar-refractivity contribution in [3.05, 3.63) is 341 Å². The molecule has 0 bridgehead atoms. The molecule has 0 amide bonds. The molecule has 14 rings (SSSR count). The van der Waals surface area contributed by atoms with Gasteiger partial charge in [-0.2, -0.15) is 0 Å². The highest BCUT2D eigenvalue weighted by Gasteiger charge is 2.48. The highest BCUT2D eigenvalue weighted by molar-refractivity contribution is 5.99. The molecule has 0 saturated carbocycles. The molecule has 0 spiro atoms. The summed E-state index contributed by atoms with van der Waals surface area (Å²) in [6.45, 7) is 6.07. The lowest BCUT2D eigenvalue weighted by molar-refractivity contribution is 0.603. The van der Waals surface area contributed by atoms with Crippen molar-refractivity contribution in [2.45, 2.75) is 17.8 Å². The van der Waals surface area contributed by atoms with Crippen LogP contribution >= 0.6 is 0 Å². The van der Waals surface area contributed by atoms with Crippen LogP contribution in [-0.4, -0.2) is 0 Å². The van der Waals surface area contributed by atoms with Gasteiger partial charge in [-0.05, 0) is 145 Å². The second-order valence-corrected chi connectivity index (χ2v) is 20.2. The molecule has 0 fully saturated rings. The topological polar surface area (TPSA) is 16.4 Å². The number of allylic oxidation sites excluding steroid dienone is 1. The van der Waals surface area contributed by atoms with E-state index in [1.807, 2.05) is 6.92 Å². The molecule has 0 saturated heterocycles. The smallest absolute Gasteiger partial charge is 0.135 e. The Morgan fingerprint density at radius 2 is 0.831 bits per heavy atom. The summed E-state index contributed by atoms with van der Waals surface area (Å²) in [5.74, 6) is 0.780. The van der Waals surface area contributed by atoms with Gasteiger partial charge in [-0.25, -0.2) is 0 Å². The molecule has 2 aliphatic rings. The standard InChI is InChI=1S/C75H53NO/c1-3-22-63-65-49-53(42-48-72(65)77-71(63)4-2)51-37-43-59(44-38-51)76(70-36-21-35-68-73(70)64-32-18-20-34-67(64)74(68,55-23-9-5-10-24-55)56-25-11-6-12-26-56)60-45-39-52(40-46-60)54-41-47-62-61-31-17-19-33-66(61)75(69(62)50-54,57-27-13-7-14-28-57)58-29-15-8-16-30-58/h3-50H,2H2,1H3/b22-3-. The van der Waals surface area contributed by atoms with Gasteiger partial charge in [0.15, 0.2) is 0 Å². The Kier molecular flexibility index (Phi) is 11.0. The van der Waals surface area contributed by atoms with Crippen LogP contribution in [0.1, 0.15) is 62.8 Å². The van der Waals surface area contributed by atoms with Crippen LogP contribution in [0.3, 0.4) is 0 Å². The summed E-state index contributed by atoms with van der Waals surface area (Å²) in [6.07, 6.45) is 5.95. The van der Waals surface area contributed by atoms with E-state index in [-0.39, 0.29) is 0 Å². The molecular weight excluding hydrogens is 931 g/mol. The predicted molar refractivity (Wildman–Crippen MR) is 321 cm³/mol. The minimum atomic E-state index is -0.547. The van der Waals surface area contributed by atoms with Crippen molar-refractivity contribution in [2.24, 2.45) is 0 Å². The van der Waals surface area contributed by atoms with E-state index < -0.39 is 10.8 Å². The Morgan fingerprint density at radius 1 is 0.390 bits per heavy atom. The lowest BCUT2D eigenvalue weighted by Gasteiger charge is -2.34. The number of furan rings is 1. The maximum Gasteiger partial charge on any atom is 0.135 e. The number of rotatable bonds is 11. The fourth-order valence-electron chi connectivity index (χ4n) is 13.1. The molecule has 364 valence electrons. The number of anilines is 3. The van der Waals surface area contributed by atoms with Gasteiger partial charge < -0.3 is 9.32 Å². The normalized spacial score (nSPS) is 13.5. The van der Waals surface area contributed by atoms with Crippen molar-refractivity contribution in [1.29, 1.82) is 0 Å². The lowest BCUT2D eigenvalue weighted by atomic mass is 9.67. The van der Waals surface area contributed by atoms with E-state index in [9.17, 15) is 0 Å². The molecule has 0 atom stereocenters. The molecule has 2 nitrogen and oxygen atoms in total. The van der Waals surface area contributed by atoms with Gasteiger partial charge in [0.2, 0.25) is 0 Å². The SMILES string of the molecule is C=Cc1oc2ccc(-c3ccc(N(c4ccc(-c5ccc6c(c5)C(c5ccccc5)(c5ccccc5)c5ccccc5-6)cc4)c4cccc5c4-c4ccccc4C5(c4ccccc4)c4ccccc4)cc3)cc2c1/C=C\C. The van der Waals surface area contributed by atoms with Crippen LogP contribution < -0.4 is 4.90 Å². The predicted octanol–water partition coefficient (Wildman–Crippen LogP) is 19.6. The van der Waals surface area contributed by atoms with Gasteiger partial charge in [0, 0.05) is 27.9 Å². The number of benzene rings is 11. The number of hydrogen-bond donors (Lipinski definition) is 0. The van der Waals surface area contributed by atoms with Crippen LogP contribution in [0.2, 0.25) is 0 Å². The second-order valence-electron chi connectivity index (χ2n) is 20.2. The average Bonchev–Trinajstić information content (AvgIpc) is 4.23. The molecule has 0 N–H and O–H groups in total. The van der Waals surface area contributed by atoms with Gasteiger partial charge in [0.05, 0.1) is 16.5 Å². The van der Waals surface area contributed by atoms with Gasteiger partial charge >= 0.3 is 0 Å². The maximum absolute atomic E-state index is 6.21. The van der Waals surface area contributed by atoms with Crippen molar-refractivity contribution in [2.75, 3.05) is 4.90 Å². The van der Waals surface area contributed by atoms with E-state index >= 15 is 0 Å². The van der Waals surface area contributed by atoms with Gasteiger partial charge in [0.1, 0.15) is 11.3 Å². The molecule has 1 heterocycles. The number of nitrogens with zero attached hydrogens (tertiary/aromatic N) is 1. The zero-order valence-corrected chi connectivity index (χ0v) is 42.8. The molecule has 2 heteroatoms. The Hall–Kier alpha value is -9.76. The van der Waals surface area contributed by atoms with E-state index in [1.165, 1.54) is 72.3 Å². The van der Waals surface area contributed by atoms with E-state index in [0.29, 0.717) is 0 Å². The highest BCUT2D eigenvalue weighted by atomic mass is 16.3. The summed E-state index contributed by atoms with van der Waals surface area (Å²) in [5.41, 5.74) is 23.8. The molecule has 11 aromatic carbocycles. The Balaban J connectivity index is 0.944. The first-order valence-electron chi connectivity index (χ1n) is 26.6. The van der Waals surface area contributed by atoms with Crippen LogP contribution in [0.15, 0.2) is 290 Å². The first-order chi connectivity index (χ1) is 38.1. The fourth-order valence-corrected chi connectivity index (χ4v) is 13.1. The van der Waals surface area contributed by atoms with Crippen molar-refractivity contribution in [1.82, 2.24) is 0 Å². The van der Waals surface area contributed by atoms with E-state index in [0.717, 1.165) is 56.0 Å². The first-order valence-corrected chi connectivity index (χ1v) is 26.6. The van der Waals surface area contributed by atoms with Crippen LogP contribution in [0.5, 0.6) is 0 Å². The molecule has 2 aliphatic carbocycles. The van der Waals surface area contributed by atoms with Crippen LogP contribution in [0, 0.1) is 0 Å². The number of fused-ring (bicyclic) bond motifs is 7. The number of hydrogen-bond acceptors (Lipinski definition) is 2. The first kappa shape index (κ1) is 45.8.